The molecule has 0 radical (unpaired) electrons. The van der Waals surface area contributed by atoms with Gasteiger partial charge in [0, 0.05) is 24.8 Å². The number of carbonyl (C=O) groups excluding carboxylic acids is 1. The SMILES string of the molecule is CCN(CC)c1ccc(/C=C2\Oc3cc(OCc4cccc(F)c4)ccc3C2=O)cc1. The van der Waals surface area contributed by atoms with Gasteiger partial charge in [0.15, 0.2) is 5.76 Å². The Balaban J connectivity index is 1.47. The highest BCUT2D eigenvalue weighted by atomic mass is 19.1. The first-order valence-electron chi connectivity index (χ1n) is 10.4. The number of hydrogen-bond donors (Lipinski definition) is 0. The van der Waals surface area contributed by atoms with Crippen LogP contribution in [0.25, 0.3) is 6.08 Å². The molecule has 1 aliphatic rings. The van der Waals surface area contributed by atoms with Crippen LogP contribution in [-0.4, -0.2) is 18.9 Å². The van der Waals surface area contributed by atoms with Gasteiger partial charge in [0.25, 0.3) is 0 Å². The van der Waals surface area contributed by atoms with Crippen molar-refractivity contribution in [2.24, 2.45) is 0 Å². The molecule has 31 heavy (non-hydrogen) atoms. The zero-order valence-electron chi connectivity index (χ0n) is 17.6. The van der Waals surface area contributed by atoms with Crippen molar-refractivity contribution in [1.29, 1.82) is 0 Å². The molecule has 1 aliphatic heterocycles. The number of anilines is 1. The second-order valence-corrected chi connectivity index (χ2v) is 7.28. The van der Waals surface area contributed by atoms with Gasteiger partial charge in [0.2, 0.25) is 5.78 Å². The molecule has 4 nitrogen and oxygen atoms in total. The molecule has 0 spiro atoms. The Morgan fingerprint density at radius 3 is 2.48 bits per heavy atom. The second-order valence-electron chi connectivity index (χ2n) is 7.28. The van der Waals surface area contributed by atoms with Crippen LogP contribution in [0.5, 0.6) is 11.5 Å². The van der Waals surface area contributed by atoms with E-state index in [-0.39, 0.29) is 24.0 Å². The molecule has 158 valence electrons. The van der Waals surface area contributed by atoms with E-state index in [9.17, 15) is 9.18 Å². The van der Waals surface area contributed by atoms with Crippen LogP contribution >= 0.6 is 0 Å². The molecule has 0 atom stereocenters. The molecule has 3 aromatic rings. The molecule has 0 N–H and O–H groups in total. The normalized spacial score (nSPS) is 13.8. The molecular weight excluding hydrogens is 393 g/mol. The van der Waals surface area contributed by atoms with Crippen LogP contribution in [0.4, 0.5) is 10.1 Å². The molecule has 0 fully saturated rings. The van der Waals surface area contributed by atoms with Crippen LogP contribution in [0.1, 0.15) is 35.3 Å². The van der Waals surface area contributed by atoms with E-state index in [1.54, 1.807) is 36.4 Å². The summed E-state index contributed by atoms with van der Waals surface area (Å²) < 4.78 is 24.9. The molecule has 0 unspecified atom stereocenters. The Hall–Kier alpha value is -3.60. The van der Waals surface area contributed by atoms with Crippen molar-refractivity contribution < 1.29 is 18.7 Å². The lowest BCUT2D eigenvalue weighted by Crippen LogP contribution is -2.21. The lowest BCUT2D eigenvalue weighted by molar-refractivity contribution is 0.101. The average molecular weight is 417 g/mol. The summed E-state index contributed by atoms with van der Waals surface area (Å²) in [6.07, 6.45) is 1.75. The summed E-state index contributed by atoms with van der Waals surface area (Å²) in [4.78, 5) is 15.0. The summed E-state index contributed by atoms with van der Waals surface area (Å²) in [6, 6.07) is 19.4. The minimum absolute atomic E-state index is 0.153. The summed E-state index contributed by atoms with van der Waals surface area (Å²) >= 11 is 0. The summed E-state index contributed by atoms with van der Waals surface area (Å²) in [6.45, 7) is 6.36. The van der Waals surface area contributed by atoms with Gasteiger partial charge in [-0.2, -0.15) is 0 Å². The minimum Gasteiger partial charge on any atom is -0.489 e. The summed E-state index contributed by atoms with van der Waals surface area (Å²) in [5, 5.41) is 0. The van der Waals surface area contributed by atoms with E-state index < -0.39 is 0 Å². The molecule has 4 rings (SSSR count). The highest BCUT2D eigenvalue weighted by Crippen LogP contribution is 2.35. The van der Waals surface area contributed by atoms with Gasteiger partial charge >= 0.3 is 0 Å². The molecule has 0 aromatic heterocycles. The smallest absolute Gasteiger partial charge is 0.231 e. The Morgan fingerprint density at radius 1 is 1.00 bits per heavy atom. The minimum atomic E-state index is -0.302. The molecule has 5 heteroatoms. The van der Waals surface area contributed by atoms with Gasteiger partial charge < -0.3 is 14.4 Å². The maximum atomic E-state index is 13.3. The molecule has 0 saturated carbocycles. The number of fused-ring (bicyclic) bond motifs is 1. The van der Waals surface area contributed by atoms with Crippen molar-refractivity contribution in [2.45, 2.75) is 20.5 Å². The third-order valence-electron chi connectivity index (χ3n) is 5.26. The number of hydrogen-bond acceptors (Lipinski definition) is 4. The zero-order chi connectivity index (χ0) is 21.8. The lowest BCUT2D eigenvalue weighted by Gasteiger charge is -2.20. The monoisotopic (exact) mass is 417 g/mol. The standard InChI is InChI=1S/C26H24FNO3/c1-3-28(4-2)21-10-8-18(9-11-21)15-25-26(29)23-13-12-22(16-24(23)31-25)30-17-19-6-5-7-20(27)14-19/h5-16H,3-4,17H2,1-2H3/b25-15-. The van der Waals surface area contributed by atoms with Crippen LogP contribution in [0, 0.1) is 5.82 Å². The fraction of sp³-hybridized carbons (Fsp3) is 0.192. The Bertz CT molecular complexity index is 1120. The van der Waals surface area contributed by atoms with E-state index in [2.05, 4.69) is 18.7 Å². The van der Waals surface area contributed by atoms with Gasteiger partial charge in [-0.3, -0.25) is 4.79 Å². The van der Waals surface area contributed by atoms with Gasteiger partial charge in [-0.05, 0) is 67.4 Å². The predicted molar refractivity (Wildman–Crippen MR) is 120 cm³/mol. The largest absolute Gasteiger partial charge is 0.489 e. The van der Waals surface area contributed by atoms with E-state index >= 15 is 0 Å². The van der Waals surface area contributed by atoms with Crippen molar-refractivity contribution in [2.75, 3.05) is 18.0 Å². The first kappa shape index (κ1) is 20.7. The van der Waals surface area contributed by atoms with E-state index in [1.165, 1.54) is 12.1 Å². The highest BCUT2D eigenvalue weighted by molar-refractivity contribution is 6.14. The van der Waals surface area contributed by atoms with Crippen molar-refractivity contribution in [3.8, 4) is 11.5 Å². The number of nitrogens with zero attached hydrogens (tertiary/aromatic N) is 1. The lowest BCUT2D eigenvalue weighted by atomic mass is 10.1. The highest BCUT2D eigenvalue weighted by Gasteiger charge is 2.27. The quantitative estimate of drug-likeness (QED) is 0.451. The number of benzene rings is 3. The molecular formula is C26H24FNO3. The topological polar surface area (TPSA) is 38.8 Å². The number of ether oxygens (including phenoxy) is 2. The fourth-order valence-corrected chi connectivity index (χ4v) is 3.57. The molecule has 1 heterocycles. The molecule has 0 amide bonds. The summed E-state index contributed by atoms with van der Waals surface area (Å²) in [7, 11) is 0. The maximum absolute atomic E-state index is 13.3. The molecule has 0 aliphatic carbocycles. The fourth-order valence-electron chi connectivity index (χ4n) is 3.57. The van der Waals surface area contributed by atoms with E-state index in [1.807, 2.05) is 24.3 Å². The third kappa shape index (κ3) is 4.61. The summed E-state index contributed by atoms with van der Waals surface area (Å²) in [5.74, 6) is 0.852. The van der Waals surface area contributed by atoms with Gasteiger partial charge in [-0.25, -0.2) is 4.39 Å². The molecule has 0 saturated heterocycles. The van der Waals surface area contributed by atoms with Crippen LogP contribution in [0.2, 0.25) is 0 Å². The molecule has 3 aromatic carbocycles. The van der Waals surface area contributed by atoms with E-state index in [0.29, 0.717) is 17.1 Å². The van der Waals surface area contributed by atoms with Crippen LogP contribution in [0.15, 0.2) is 72.5 Å². The van der Waals surface area contributed by atoms with Crippen molar-refractivity contribution in [3.05, 3.63) is 95.0 Å². The molecule has 0 bridgehead atoms. The number of allylic oxidation sites excluding steroid dienone is 1. The average Bonchev–Trinajstić information content (AvgIpc) is 3.09. The van der Waals surface area contributed by atoms with Gasteiger partial charge in [-0.1, -0.05) is 24.3 Å². The number of rotatable bonds is 7. The van der Waals surface area contributed by atoms with Crippen molar-refractivity contribution >= 4 is 17.5 Å². The van der Waals surface area contributed by atoms with Gasteiger partial charge in [-0.15, -0.1) is 0 Å². The first-order valence-corrected chi connectivity index (χ1v) is 10.4. The maximum Gasteiger partial charge on any atom is 0.231 e. The Labute approximate surface area is 181 Å². The van der Waals surface area contributed by atoms with E-state index in [0.717, 1.165) is 29.9 Å². The van der Waals surface area contributed by atoms with Crippen LogP contribution in [0.3, 0.4) is 0 Å². The third-order valence-corrected chi connectivity index (χ3v) is 5.26. The van der Waals surface area contributed by atoms with Crippen LogP contribution < -0.4 is 14.4 Å². The predicted octanol–water partition coefficient (Wildman–Crippen LogP) is 5.87. The first-order chi connectivity index (χ1) is 15.1. The van der Waals surface area contributed by atoms with Gasteiger partial charge in [0.1, 0.15) is 23.9 Å². The van der Waals surface area contributed by atoms with E-state index in [4.69, 9.17) is 9.47 Å². The number of carbonyl (C=O) groups is 1. The van der Waals surface area contributed by atoms with Crippen molar-refractivity contribution in [1.82, 2.24) is 0 Å². The zero-order valence-corrected chi connectivity index (χ0v) is 17.6. The van der Waals surface area contributed by atoms with Crippen molar-refractivity contribution in [3.63, 3.8) is 0 Å². The Morgan fingerprint density at radius 2 is 1.77 bits per heavy atom. The summed E-state index contributed by atoms with van der Waals surface area (Å²) in [5.41, 5.74) is 3.28. The number of Topliss-reactive ketones (excluding diaryl/α,β-unsaturated/α-hetero) is 1. The van der Waals surface area contributed by atoms with Gasteiger partial charge in [0.05, 0.1) is 5.56 Å². The second kappa shape index (κ2) is 9.04. The number of halogens is 1. The number of ketones is 1. The van der Waals surface area contributed by atoms with Crippen LogP contribution in [-0.2, 0) is 6.61 Å². The Kier molecular flexibility index (Phi) is 6.03.